The van der Waals surface area contributed by atoms with Crippen LogP contribution in [0.4, 0.5) is 0 Å². The zero-order chi connectivity index (χ0) is 12.1. The third kappa shape index (κ3) is 3.61. The smallest absolute Gasteiger partial charge is 0.0611 e. The highest BCUT2D eigenvalue weighted by Gasteiger charge is 2.32. The van der Waals surface area contributed by atoms with E-state index in [1.54, 1.807) is 0 Å². The van der Waals surface area contributed by atoms with Crippen LogP contribution in [-0.4, -0.2) is 22.6 Å². The van der Waals surface area contributed by atoms with Gasteiger partial charge in [-0.3, -0.25) is 0 Å². The molecule has 1 rings (SSSR count). The van der Waals surface area contributed by atoms with E-state index in [1.165, 1.54) is 0 Å². The Morgan fingerprint density at radius 2 is 1.75 bits per heavy atom. The SMILES string of the molecule is CCC(N)C(CC)C(O)C1CCC(Cl)CC1. The molecule has 1 fully saturated rings. The molecule has 0 radical (unpaired) electrons. The molecule has 0 aliphatic heterocycles. The molecule has 3 atom stereocenters. The molecule has 1 aliphatic rings. The molecule has 3 heteroatoms. The molecule has 1 saturated carbocycles. The lowest BCUT2D eigenvalue weighted by Crippen LogP contribution is -2.42. The maximum Gasteiger partial charge on any atom is 0.0611 e. The molecule has 0 aromatic heterocycles. The molecular formula is C13H26ClNO. The first kappa shape index (κ1) is 14.3. The Balaban J connectivity index is 2.50. The standard InChI is InChI=1S/C13H26ClNO/c1-3-11(12(15)4-2)13(16)9-5-7-10(14)8-6-9/h9-13,16H,3-8,15H2,1-2H3. The highest BCUT2D eigenvalue weighted by Crippen LogP contribution is 2.33. The average molecular weight is 248 g/mol. The van der Waals surface area contributed by atoms with Gasteiger partial charge in [0.2, 0.25) is 0 Å². The topological polar surface area (TPSA) is 46.2 Å². The number of halogens is 1. The van der Waals surface area contributed by atoms with Crippen LogP contribution in [0, 0.1) is 11.8 Å². The molecule has 3 N–H and O–H groups in total. The summed E-state index contributed by atoms with van der Waals surface area (Å²) < 4.78 is 0. The van der Waals surface area contributed by atoms with Crippen LogP contribution in [0.25, 0.3) is 0 Å². The zero-order valence-corrected chi connectivity index (χ0v) is 11.3. The molecule has 16 heavy (non-hydrogen) atoms. The predicted octanol–water partition coefficient (Wildman–Crippen LogP) is 2.91. The summed E-state index contributed by atoms with van der Waals surface area (Å²) in [7, 11) is 0. The van der Waals surface area contributed by atoms with Gasteiger partial charge in [-0.05, 0) is 50.4 Å². The fourth-order valence-corrected chi connectivity index (χ4v) is 3.12. The Morgan fingerprint density at radius 3 is 2.19 bits per heavy atom. The van der Waals surface area contributed by atoms with E-state index < -0.39 is 0 Å². The lowest BCUT2D eigenvalue weighted by atomic mass is 9.77. The van der Waals surface area contributed by atoms with Gasteiger partial charge in [0, 0.05) is 11.4 Å². The Hall–Kier alpha value is 0.210. The van der Waals surface area contributed by atoms with Crippen molar-refractivity contribution in [3.05, 3.63) is 0 Å². The zero-order valence-electron chi connectivity index (χ0n) is 10.5. The normalized spacial score (nSPS) is 32.1. The van der Waals surface area contributed by atoms with Crippen LogP contribution < -0.4 is 5.73 Å². The molecule has 0 aromatic carbocycles. The quantitative estimate of drug-likeness (QED) is 0.734. The highest BCUT2D eigenvalue weighted by molar-refractivity contribution is 6.20. The third-order valence-electron chi connectivity index (χ3n) is 4.12. The minimum absolute atomic E-state index is 0.133. The van der Waals surface area contributed by atoms with Gasteiger partial charge in [-0.1, -0.05) is 13.8 Å². The third-order valence-corrected chi connectivity index (χ3v) is 4.55. The molecule has 0 heterocycles. The van der Waals surface area contributed by atoms with Gasteiger partial charge in [0.1, 0.15) is 0 Å². The van der Waals surface area contributed by atoms with Crippen molar-refractivity contribution in [2.24, 2.45) is 17.6 Å². The van der Waals surface area contributed by atoms with E-state index in [9.17, 15) is 5.11 Å². The summed E-state index contributed by atoms with van der Waals surface area (Å²) in [6, 6.07) is 0.133. The van der Waals surface area contributed by atoms with Gasteiger partial charge in [-0.15, -0.1) is 11.6 Å². The van der Waals surface area contributed by atoms with Crippen molar-refractivity contribution in [3.8, 4) is 0 Å². The monoisotopic (exact) mass is 247 g/mol. The van der Waals surface area contributed by atoms with Gasteiger partial charge < -0.3 is 10.8 Å². The average Bonchev–Trinajstić information content (AvgIpc) is 2.30. The molecule has 0 aromatic rings. The second-order valence-electron chi connectivity index (χ2n) is 5.15. The lowest BCUT2D eigenvalue weighted by Gasteiger charge is -2.35. The molecule has 0 bridgehead atoms. The fourth-order valence-electron chi connectivity index (χ4n) is 2.87. The van der Waals surface area contributed by atoms with Crippen molar-refractivity contribution in [1.82, 2.24) is 0 Å². The van der Waals surface area contributed by atoms with Crippen LogP contribution in [0.15, 0.2) is 0 Å². The molecule has 1 aliphatic carbocycles. The Kier molecular flexibility index (Phi) is 6.09. The van der Waals surface area contributed by atoms with E-state index in [4.69, 9.17) is 17.3 Å². The summed E-state index contributed by atoms with van der Waals surface area (Å²) in [6.45, 7) is 4.21. The first-order valence-electron chi connectivity index (χ1n) is 6.67. The minimum atomic E-state index is -0.232. The van der Waals surface area contributed by atoms with E-state index in [2.05, 4.69) is 13.8 Å². The number of hydrogen-bond donors (Lipinski definition) is 2. The highest BCUT2D eigenvalue weighted by atomic mass is 35.5. The molecule has 0 amide bonds. The fraction of sp³-hybridized carbons (Fsp3) is 1.00. The van der Waals surface area contributed by atoms with Crippen molar-refractivity contribution < 1.29 is 5.11 Å². The van der Waals surface area contributed by atoms with Crippen LogP contribution in [-0.2, 0) is 0 Å². The molecule has 0 saturated heterocycles. The minimum Gasteiger partial charge on any atom is -0.392 e. The van der Waals surface area contributed by atoms with Crippen molar-refractivity contribution in [3.63, 3.8) is 0 Å². The lowest BCUT2D eigenvalue weighted by molar-refractivity contribution is 0.0213. The number of alkyl halides is 1. The van der Waals surface area contributed by atoms with E-state index in [1.807, 2.05) is 0 Å². The number of aliphatic hydroxyl groups excluding tert-OH is 1. The molecule has 2 nitrogen and oxygen atoms in total. The van der Waals surface area contributed by atoms with Crippen LogP contribution >= 0.6 is 11.6 Å². The summed E-state index contributed by atoms with van der Waals surface area (Å²) in [5, 5.41) is 10.7. The summed E-state index contributed by atoms with van der Waals surface area (Å²) in [5.74, 6) is 0.666. The summed E-state index contributed by atoms with van der Waals surface area (Å²) >= 11 is 6.08. The second-order valence-corrected chi connectivity index (χ2v) is 5.76. The predicted molar refractivity (Wildman–Crippen MR) is 69.7 cm³/mol. The van der Waals surface area contributed by atoms with Gasteiger partial charge in [0.15, 0.2) is 0 Å². The summed E-state index contributed by atoms with van der Waals surface area (Å²) in [5.41, 5.74) is 6.08. The Morgan fingerprint density at radius 1 is 1.19 bits per heavy atom. The first-order valence-corrected chi connectivity index (χ1v) is 7.11. The van der Waals surface area contributed by atoms with Gasteiger partial charge in [0.05, 0.1) is 6.10 Å². The van der Waals surface area contributed by atoms with Crippen LogP contribution in [0.3, 0.4) is 0 Å². The van der Waals surface area contributed by atoms with Gasteiger partial charge in [-0.2, -0.15) is 0 Å². The van der Waals surface area contributed by atoms with Gasteiger partial charge in [-0.25, -0.2) is 0 Å². The maximum atomic E-state index is 10.4. The molecular weight excluding hydrogens is 222 g/mol. The van der Waals surface area contributed by atoms with Crippen molar-refractivity contribution in [2.45, 2.75) is 69.9 Å². The van der Waals surface area contributed by atoms with E-state index in [-0.39, 0.29) is 18.1 Å². The number of aliphatic hydroxyl groups is 1. The largest absolute Gasteiger partial charge is 0.392 e. The van der Waals surface area contributed by atoms with Crippen LogP contribution in [0.1, 0.15) is 52.4 Å². The van der Waals surface area contributed by atoms with Crippen LogP contribution in [0.2, 0.25) is 0 Å². The van der Waals surface area contributed by atoms with Crippen LogP contribution in [0.5, 0.6) is 0 Å². The number of rotatable bonds is 5. The molecule has 96 valence electrons. The number of nitrogens with two attached hydrogens (primary N) is 1. The first-order chi connectivity index (χ1) is 7.60. The van der Waals surface area contributed by atoms with Gasteiger partial charge in [0.25, 0.3) is 0 Å². The molecule has 0 spiro atoms. The maximum absolute atomic E-state index is 10.4. The van der Waals surface area contributed by atoms with Gasteiger partial charge >= 0.3 is 0 Å². The van der Waals surface area contributed by atoms with Crippen molar-refractivity contribution >= 4 is 11.6 Å². The van der Waals surface area contributed by atoms with E-state index >= 15 is 0 Å². The van der Waals surface area contributed by atoms with E-state index in [0.717, 1.165) is 38.5 Å². The Labute approximate surface area is 105 Å². The second kappa shape index (κ2) is 6.83. The molecule has 3 unspecified atom stereocenters. The Bertz CT molecular complexity index is 192. The summed E-state index contributed by atoms with van der Waals surface area (Å²) in [4.78, 5) is 0. The van der Waals surface area contributed by atoms with Crippen molar-refractivity contribution in [2.75, 3.05) is 0 Å². The summed E-state index contributed by atoms with van der Waals surface area (Å²) in [6.07, 6.45) is 5.88. The van der Waals surface area contributed by atoms with Crippen molar-refractivity contribution in [1.29, 1.82) is 0 Å². The number of hydrogen-bond acceptors (Lipinski definition) is 2. The van der Waals surface area contributed by atoms with E-state index in [0.29, 0.717) is 11.3 Å².